The van der Waals surface area contributed by atoms with Crippen LogP contribution in [0, 0.1) is 12.7 Å². The summed E-state index contributed by atoms with van der Waals surface area (Å²) < 4.78 is 61.2. The fourth-order valence-electron chi connectivity index (χ4n) is 2.43. The van der Waals surface area contributed by atoms with Crippen LogP contribution in [-0.4, -0.2) is 28.5 Å². The second kappa shape index (κ2) is 7.86. The molecule has 0 saturated carbocycles. The average molecular weight is 373 g/mol. The smallest absolute Gasteiger partial charge is 0.380 e. The first-order chi connectivity index (χ1) is 12.2. The zero-order valence-electron chi connectivity index (χ0n) is 14.6. The molecule has 0 aliphatic heterocycles. The number of benzene rings is 1. The van der Waals surface area contributed by atoms with Crippen molar-refractivity contribution in [3.05, 3.63) is 52.4 Å². The zero-order chi connectivity index (χ0) is 19.5. The molecule has 0 atom stereocenters. The fraction of sp³-hybridized carbons (Fsp3) is 0.412. The van der Waals surface area contributed by atoms with E-state index < -0.39 is 29.0 Å². The van der Waals surface area contributed by atoms with E-state index in [9.17, 15) is 22.4 Å². The van der Waals surface area contributed by atoms with Crippen molar-refractivity contribution < 1.29 is 27.1 Å². The number of halogens is 4. The number of amides is 1. The van der Waals surface area contributed by atoms with Crippen molar-refractivity contribution >= 4 is 5.91 Å². The van der Waals surface area contributed by atoms with Gasteiger partial charge in [0, 0.05) is 25.4 Å². The van der Waals surface area contributed by atoms with Gasteiger partial charge in [-0.15, -0.1) is 0 Å². The second-order valence-electron chi connectivity index (χ2n) is 5.57. The number of aryl methyl sites for hydroxylation is 1. The van der Waals surface area contributed by atoms with Crippen LogP contribution >= 0.6 is 0 Å². The minimum absolute atomic E-state index is 0.214. The van der Waals surface area contributed by atoms with E-state index in [0.717, 1.165) is 17.8 Å². The molecule has 0 unspecified atom stereocenters. The first kappa shape index (κ1) is 19.9. The summed E-state index contributed by atoms with van der Waals surface area (Å²) in [5, 5.41) is 0. The monoisotopic (exact) mass is 373 g/mol. The highest BCUT2D eigenvalue weighted by Gasteiger charge is 2.35. The first-order valence-electron chi connectivity index (χ1n) is 7.92. The topological polar surface area (TPSA) is 48.5 Å². The van der Waals surface area contributed by atoms with Crippen molar-refractivity contribution in [2.24, 2.45) is 12.0 Å². The molecule has 2 aromatic rings. The summed E-state index contributed by atoms with van der Waals surface area (Å²) in [6.07, 6.45) is -4.89. The maximum absolute atomic E-state index is 14.1. The van der Waals surface area contributed by atoms with Crippen molar-refractivity contribution in [3.8, 4) is 0 Å². The molecule has 0 saturated heterocycles. The Bertz CT molecular complexity index is 866. The summed E-state index contributed by atoms with van der Waals surface area (Å²) in [6, 6.07) is 4.14. The summed E-state index contributed by atoms with van der Waals surface area (Å²) in [5.41, 5.74) is -1.23. The molecule has 0 bridgehead atoms. The van der Waals surface area contributed by atoms with Gasteiger partial charge >= 0.3 is 6.18 Å². The largest absolute Gasteiger partial charge is 0.419 e. The summed E-state index contributed by atoms with van der Waals surface area (Å²) >= 11 is 0. The van der Waals surface area contributed by atoms with E-state index in [0.29, 0.717) is 25.8 Å². The third-order valence-electron chi connectivity index (χ3n) is 3.88. The summed E-state index contributed by atoms with van der Waals surface area (Å²) in [5.74, 6) is -2.70. The van der Waals surface area contributed by atoms with Gasteiger partial charge in [-0.3, -0.25) is 14.2 Å². The molecule has 2 rings (SSSR count). The SMILES string of the molecule is CCOCCn1c(=NC(=O)c2cccc(C(F)(F)F)c2F)cc(C)n1C. The molecule has 9 heteroatoms. The van der Waals surface area contributed by atoms with Crippen LogP contribution in [-0.2, 0) is 24.5 Å². The van der Waals surface area contributed by atoms with Gasteiger partial charge in [-0.05, 0) is 26.0 Å². The maximum Gasteiger partial charge on any atom is 0.419 e. The normalized spacial score (nSPS) is 12.7. The van der Waals surface area contributed by atoms with Gasteiger partial charge in [-0.2, -0.15) is 18.2 Å². The van der Waals surface area contributed by atoms with Crippen LogP contribution in [0.2, 0.25) is 0 Å². The van der Waals surface area contributed by atoms with Crippen molar-refractivity contribution in [2.45, 2.75) is 26.6 Å². The van der Waals surface area contributed by atoms with Crippen LogP contribution in [0.3, 0.4) is 0 Å². The predicted molar refractivity (Wildman–Crippen MR) is 85.9 cm³/mol. The molecule has 0 aliphatic carbocycles. The first-order valence-corrected chi connectivity index (χ1v) is 7.92. The van der Waals surface area contributed by atoms with Gasteiger partial charge in [-0.25, -0.2) is 4.39 Å². The van der Waals surface area contributed by atoms with E-state index in [4.69, 9.17) is 4.74 Å². The van der Waals surface area contributed by atoms with Crippen LogP contribution < -0.4 is 5.49 Å². The molecular weight excluding hydrogens is 354 g/mol. The van der Waals surface area contributed by atoms with Gasteiger partial charge in [0.25, 0.3) is 5.91 Å². The molecule has 0 N–H and O–H groups in total. The van der Waals surface area contributed by atoms with Crippen molar-refractivity contribution in [1.29, 1.82) is 0 Å². The number of carbonyl (C=O) groups excluding carboxylic acids is 1. The molecule has 1 aromatic carbocycles. The average Bonchev–Trinajstić information content (AvgIpc) is 2.81. The van der Waals surface area contributed by atoms with Gasteiger partial charge in [0.1, 0.15) is 5.82 Å². The third-order valence-corrected chi connectivity index (χ3v) is 3.88. The number of nitrogens with zero attached hydrogens (tertiary/aromatic N) is 3. The molecule has 142 valence electrons. The fourth-order valence-corrected chi connectivity index (χ4v) is 2.43. The Morgan fingerprint density at radius 1 is 1.31 bits per heavy atom. The van der Waals surface area contributed by atoms with Gasteiger partial charge in [0.2, 0.25) is 0 Å². The molecule has 1 aromatic heterocycles. The van der Waals surface area contributed by atoms with E-state index in [1.165, 1.54) is 0 Å². The van der Waals surface area contributed by atoms with Crippen LogP contribution in [0.4, 0.5) is 17.6 Å². The molecule has 1 amide bonds. The Morgan fingerprint density at radius 2 is 2.00 bits per heavy atom. The molecule has 1 heterocycles. The van der Waals surface area contributed by atoms with Crippen LogP contribution in [0.1, 0.15) is 28.5 Å². The van der Waals surface area contributed by atoms with Crippen LogP contribution in [0.25, 0.3) is 0 Å². The Balaban J connectivity index is 2.45. The number of carbonyl (C=O) groups is 1. The molecule has 26 heavy (non-hydrogen) atoms. The quantitative estimate of drug-likeness (QED) is 0.597. The number of hydrogen-bond donors (Lipinski definition) is 0. The zero-order valence-corrected chi connectivity index (χ0v) is 14.6. The second-order valence-corrected chi connectivity index (χ2v) is 5.57. The lowest BCUT2D eigenvalue weighted by atomic mass is 10.1. The van der Waals surface area contributed by atoms with E-state index in [1.807, 2.05) is 6.92 Å². The van der Waals surface area contributed by atoms with E-state index in [2.05, 4.69) is 4.99 Å². The molecule has 0 spiro atoms. The summed E-state index contributed by atoms with van der Waals surface area (Å²) in [4.78, 5) is 16.1. The molecule has 0 aliphatic rings. The number of ether oxygens (including phenoxy) is 1. The summed E-state index contributed by atoms with van der Waals surface area (Å²) in [7, 11) is 1.75. The van der Waals surface area contributed by atoms with E-state index >= 15 is 0 Å². The lowest BCUT2D eigenvalue weighted by molar-refractivity contribution is -0.140. The van der Waals surface area contributed by atoms with Gasteiger partial charge in [-0.1, -0.05) is 6.07 Å². The Labute approximate surface area is 147 Å². The maximum atomic E-state index is 14.1. The minimum atomic E-state index is -4.89. The molecule has 5 nitrogen and oxygen atoms in total. The lowest BCUT2D eigenvalue weighted by Gasteiger charge is -2.10. The van der Waals surface area contributed by atoms with Crippen molar-refractivity contribution in [2.75, 3.05) is 13.2 Å². The van der Waals surface area contributed by atoms with Crippen LogP contribution in [0.15, 0.2) is 29.3 Å². The van der Waals surface area contributed by atoms with Gasteiger partial charge in [0.05, 0.1) is 24.3 Å². The number of alkyl halides is 3. The molecule has 0 fully saturated rings. The number of rotatable bonds is 5. The van der Waals surface area contributed by atoms with Crippen molar-refractivity contribution in [1.82, 2.24) is 9.36 Å². The van der Waals surface area contributed by atoms with E-state index in [-0.39, 0.29) is 5.49 Å². The highest BCUT2D eigenvalue weighted by Crippen LogP contribution is 2.32. The minimum Gasteiger partial charge on any atom is -0.380 e. The van der Waals surface area contributed by atoms with E-state index in [1.54, 1.807) is 29.4 Å². The molecular formula is C17H19F4N3O2. The van der Waals surface area contributed by atoms with Gasteiger partial charge < -0.3 is 4.74 Å². The predicted octanol–water partition coefficient (Wildman–Crippen LogP) is 3.07. The molecule has 0 radical (unpaired) electrons. The third kappa shape index (κ3) is 4.21. The lowest BCUT2D eigenvalue weighted by Crippen LogP contribution is -2.26. The summed E-state index contributed by atoms with van der Waals surface area (Å²) in [6.45, 7) is 4.89. The van der Waals surface area contributed by atoms with Crippen molar-refractivity contribution in [3.63, 3.8) is 0 Å². The Kier molecular flexibility index (Phi) is 6.01. The highest BCUT2D eigenvalue weighted by molar-refractivity contribution is 5.95. The highest BCUT2D eigenvalue weighted by atomic mass is 19.4. The van der Waals surface area contributed by atoms with Crippen LogP contribution in [0.5, 0.6) is 0 Å². The van der Waals surface area contributed by atoms with Gasteiger partial charge in [0.15, 0.2) is 5.49 Å². The number of aromatic nitrogens is 2. The Hall–Kier alpha value is -2.42. The Morgan fingerprint density at radius 3 is 2.62 bits per heavy atom. The standard InChI is InChI=1S/C17H19F4N3O2/c1-4-26-9-8-24-14(10-11(2)23(24)3)22-16(25)12-6-5-7-13(15(12)18)17(19,20)21/h5-7,10H,4,8-9H2,1-3H3. The number of hydrogen-bond acceptors (Lipinski definition) is 2.